The smallest absolute Gasteiger partial charge is 0.138 e. The van der Waals surface area contributed by atoms with Crippen LogP contribution in [0, 0.1) is 0 Å². The molecule has 0 saturated carbocycles. The molecule has 0 aliphatic carbocycles. The average Bonchev–Trinajstić information content (AvgIpc) is 3.13. The van der Waals surface area contributed by atoms with Crippen molar-refractivity contribution < 1.29 is 0 Å². The number of likely N-dealkylation sites (N-methyl/N-ethyl adjacent to an activating group) is 1. The molecule has 0 spiro atoms. The molecule has 2 aromatic rings. The zero-order valence-electron chi connectivity index (χ0n) is 11.5. The Hall–Kier alpha value is -1.43. The SMILES string of the molecule is CN(Cc1ccc(Cl)cc1-n1cncn1)C1CCNC1. The molecule has 6 heteroatoms. The van der Waals surface area contributed by atoms with Crippen molar-refractivity contribution in [3.8, 4) is 5.69 Å². The van der Waals surface area contributed by atoms with Crippen LogP contribution >= 0.6 is 11.6 Å². The molecule has 1 N–H and O–H groups in total. The van der Waals surface area contributed by atoms with Crippen LogP contribution in [0.5, 0.6) is 0 Å². The minimum Gasteiger partial charge on any atom is -0.315 e. The molecule has 20 heavy (non-hydrogen) atoms. The molecule has 5 nitrogen and oxygen atoms in total. The first-order chi connectivity index (χ1) is 9.74. The van der Waals surface area contributed by atoms with Gasteiger partial charge in [-0.1, -0.05) is 17.7 Å². The molecule has 1 aromatic carbocycles. The summed E-state index contributed by atoms with van der Waals surface area (Å²) >= 11 is 6.11. The van der Waals surface area contributed by atoms with Crippen LogP contribution < -0.4 is 5.32 Å². The van der Waals surface area contributed by atoms with Crippen LogP contribution in [0.15, 0.2) is 30.9 Å². The second kappa shape index (κ2) is 5.91. The van der Waals surface area contributed by atoms with Crippen molar-refractivity contribution in [2.24, 2.45) is 0 Å². The minimum absolute atomic E-state index is 0.592. The van der Waals surface area contributed by atoms with E-state index in [4.69, 9.17) is 11.6 Å². The standard InChI is InChI=1S/C14H18ClN5/c1-19(13-4-5-16-7-13)8-11-2-3-12(15)6-14(11)20-10-17-9-18-20/h2-3,6,9-10,13,16H,4-5,7-8H2,1H3. The van der Waals surface area contributed by atoms with Crippen molar-refractivity contribution in [3.63, 3.8) is 0 Å². The summed E-state index contributed by atoms with van der Waals surface area (Å²) < 4.78 is 1.77. The Morgan fingerprint density at radius 3 is 3.10 bits per heavy atom. The molecule has 1 fully saturated rings. The van der Waals surface area contributed by atoms with E-state index in [0.29, 0.717) is 11.1 Å². The summed E-state index contributed by atoms with van der Waals surface area (Å²) in [7, 11) is 2.16. The van der Waals surface area contributed by atoms with Gasteiger partial charge < -0.3 is 5.32 Å². The summed E-state index contributed by atoms with van der Waals surface area (Å²) in [6, 6.07) is 6.53. The molecule has 1 aromatic heterocycles. The Bertz CT molecular complexity index is 563. The zero-order chi connectivity index (χ0) is 13.9. The summed E-state index contributed by atoms with van der Waals surface area (Å²) in [5.41, 5.74) is 2.20. The van der Waals surface area contributed by atoms with Crippen molar-refractivity contribution in [2.45, 2.75) is 19.0 Å². The van der Waals surface area contributed by atoms with Crippen molar-refractivity contribution in [1.82, 2.24) is 25.0 Å². The van der Waals surface area contributed by atoms with Crippen LogP contribution in [0.1, 0.15) is 12.0 Å². The van der Waals surface area contributed by atoms with E-state index in [1.165, 1.54) is 18.3 Å². The lowest BCUT2D eigenvalue weighted by atomic mass is 10.1. The van der Waals surface area contributed by atoms with E-state index in [1.54, 1.807) is 11.0 Å². The first-order valence-electron chi connectivity index (χ1n) is 6.78. The lowest BCUT2D eigenvalue weighted by Gasteiger charge is -2.24. The highest BCUT2D eigenvalue weighted by atomic mass is 35.5. The molecule has 1 aliphatic rings. The van der Waals surface area contributed by atoms with Gasteiger partial charge in [0.25, 0.3) is 0 Å². The van der Waals surface area contributed by atoms with Gasteiger partial charge in [0.05, 0.1) is 5.69 Å². The van der Waals surface area contributed by atoms with E-state index in [2.05, 4.69) is 33.4 Å². The van der Waals surface area contributed by atoms with E-state index in [9.17, 15) is 0 Å². The highest BCUT2D eigenvalue weighted by Gasteiger charge is 2.20. The highest BCUT2D eigenvalue weighted by molar-refractivity contribution is 6.30. The number of rotatable bonds is 4. The second-order valence-electron chi connectivity index (χ2n) is 5.17. The van der Waals surface area contributed by atoms with Gasteiger partial charge in [-0.15, -0.1) is 0 Å². The maximum Gasteiger partial charge on any atom is 0.138 e. The molecule has 1 atom stereocenters. The fourth-order valence-electron chi connectivity index (χ4n) is 2.63. The molecule has 1 saturated heterocycles. The maximum atomic E-state index is 6.11. The maximum absolute atomic E-state index is 6.11. The van der Waals surface area contributed by atoms with Crippen LogP contribution in [0.25, 0.3) is 5.69 Å². The number of hydrogen-bond donors (Lipinski definition) is 1. The second-order valence-corrected chi connectivity index (χ2v) is 5.61. The third-order valence-electron chi connectivity index (χ3n) is 3.79. The Morgan fingerprint density at radius 2 is 2.40 bits per heavy atom. The Morgan fingerprint density at radius 1 is 1.50 bits per heavy atom. The molecular formula is C14H18ClN5. The molecule has 0 bridgehead atoms. The van der Waals surface area contributed by atoms with E-state index in [1.807, 2.05) is 12.1 Å². The summed E-state index contributed by atoms with van der Waals surface area (Å²) in [6.07, 6.45) is 4.43. The summed E-state index contributed by atoms with van der Waals surface area (Å²) in [5.74, 6) is 0. The fourth-order valence-corrected chi connectivity index (χ4v) is 2.80. The van der Waals surface area contributed by atoms with E-state index < -0.39 is 0 Å². The van der Waals surface area contributed by atoms with Crippen molar-refractivity contribution in [1.29, 1.82) is 0 Å². The first-order valence-corrected chi connectivity index (χ1v) is 7.16. The summed E-state index contributed by atoms with van der Waals surface area (Å²) in [4.78, 5) is 6.39. The van der Waals surface area contributed by atoms with Crippen molar-refractivity contribution in [2.75, 3.05) is 20.1 Å². The fraction of sp³-hybridized carbons (Fsp3) is 0.429. The molecule has 3 rings (SSSR count). The van der Waals surface area contributed by atoms with Gasteiger partial charge in [-0.2, -0.15) is 5.10 Å². The average molecular weight is 292 g/mol. The molecule has 1 unspecified atom stereocenters. The Kier molecular flexibility index (Phi) is 4.00. The quantitative estimate of drug-likeness (QED) is 0.932. The normalized spacial score (nSPS) is 18.9. The predicted octanol–water partition coefficient (Wildman–Crippen LogP) is 1.71. The van der Waals surface area contributed by atoms with Crippen LogP contribution in [0.2, 0.25) is 5.02 Å². The van der Waals surface area contributed by atoms with Crippen LogP contribution in [-0.4, -0.2) is 45.8 Å². The van der Waals surface area contributed by atoms with Crippen LogP contribution in [-0.2, 0) is 6.54 Å². The van der Waals surface area contributed by atoms with Gasteiger partial charge in [-0.3, -0.25) is 4.90 Å². The summed E-state index contributed by atoms with van der Waals surface area (Å²) in [5, 5.41) is 8.32. The zero-order valence-corrected chi connectivity index (χ0v) is 12.2. The Balaban J connectivity index is 1.85. The summed E-state index contributed by atoms with van der Waals surface area (Å²) in [6.45, 7) is 3.03. The van der Waals surface area contributed by atoms with Crippen molar-refractivity contribution >= 4 is 11.6 Å². The van der Waals surface area contributed by atoms with Gasteiger partial charge in [0.1, 0.15) is 12.7 Å². The van der Waals surface area contributed by atoms with Gasteiger partial charge in [0.15, 0.2) is 0 Å². The number of benzene rings is 1. The van der Waals surface area contributed by atoms with Crippen LogP contribution in [0.3, 0.4) is 0 Å². The van der Waals surface area contributed by atoms with E-state index >= 15 is 0 Å². The molecule has 1 aliphatic heterocycles. The lowest BCUT2D eigenvalue weighted by Crippen LogP contribution is -2.33. The molecule has 0 amide bonds. The highest BCUT2D eigenvalue weighted by Crippen LogP contribution is 2.21. The lowest BCUT2D eigenvalue weighted by molar-refractivity contribution is 0.248. The third-order valence-corrected chi connectivity index (χ3v) is 4.03. The number of nitrogens with zero attached hydrogens (tertiary/aromatic N) is 4. The van der Waals surface area contributed by atoms with E-state index in [0.717, 1.165) is 25.3 Å². The van der Waals surface area contributed by atoms with Gasteiger partial charge in [-0.25, -0.2) is 9.67 Å². The molecule has 106 valence electrons. The molecule has 0 radical (unpaired) electrons. The predicted molar refractivity (Wildman–Crippen MR) is 79.1 cm³/mol. The first kappa shape index (κ1) is 13.5. The van der Waals surface area contributed by atoms with Gasteiger partial charge >= 0.3 is 0 Å². The minimum atomic E-state index is 0.592. The van der Waals surface area contributed by atoms with Crippen LogP contribution in [0.4, 0.5) is 0 Å². The van der Waals surface area contributed by atoms with Gasteiger partial charge in [0, 0.05) is 24.2 Å². The largest absolute Gasteiger partial charge is 0.315 e. The number of nitrogens with one attached hydrogen (secondary N) is 1. The van der Waals surface area contributed by atoms with Crippen molar-refractivity contribution in [3.05, 3.63) is 41.4 Å². The Labute approximate surface area is 123 Å². The van der Waals surface area contributed by atoms with Gasteiger partial charge in [-0.05, 0) is 37.7 Å². The van der Waals surface area contributed by atoms with Gasteiger partial charge in [0.2, 0.25) is 0 Å². The molecular weight excluding hydrogens is 274 g/mol. The number of hydrogen-bond acceptors (Lipinski definition) is 4. The number of aromatic nitrogens is 3. The topological polar surface area (TPSA) is 46.0 Å². The van der Waals surface area contributed by atoms with E-state index in [-0.39, 0.29) is 0 Å². The third kappa shape index (κ3) is 2.85. The monoisotopic (exact) mass is 291 g/mol. The number of halogens is 1. The molecule has 2 heterocycles.